The lowest BCUT2D eigenvalue weighted by atomic mass is 10.1. The fourth-order valence-corrected chi connectivity index (χ4v) is 1.77. The van der Waals surface area contributed by atoms with Crippen molar-refractivity contribution in [3.63, 3.8) is 0 Å². The zero-order valence-corrected chi connectivity index (χ0v) is 11.2. The van der Waals surface area contributed by atoms with Crippen LogP contribution in [-0.4, -0.2) is 9.97 Å². The van der Waals surface area contributed by atoms with E-state index in [2.05, 4.69) is 15.3 Å². The molecule has 2 rings (SSSR count). The Labute approximate surface area is 111 Å². The van der Waals surface area contributed by atoms with Gasteiger partial charge in [0.1, 0.15) is 11.6 Å². The molecule has 0 aliphatic carbocycles. The smallest absolute Gasteiger partial charge is 0.221 e. The average molecular weight is 260 g/mol. The van der Waals surface area contributed by atoms with Gasteiger partial charge in [0.2, 0.25) is 5.95 Å². The molecule has 0 radical (unpaired) electrons. The summed E-state index contributed by atoms with van der Waals surface area (Å²) in [6.07, 6.45) is 1.66. The summed E-state index contributed by atoms with van der Waals surface area (Å²) < 4.78 is 13.5. The van der Waals surface area contributed by atoms with Gasteiger partial charge >= 0.3 is 0 Å². The molecule has 19 heavy (non-hydrogen) atoms. The fourth-order valence-electron chi connectivity index (χ4n) is 1.77. The highest BCUT2D eigenvalue weighted by Crippen LogP contribution is 2.22. The lowest BCUT2D eigenvalue weighted by Gasteiger charge is -2.17. The summed E-state index contributed by atoms with van der Waals surface area (Å²) in [6.45, 7) is 5.58. The van der Waals surface area contributed by atoms with Crippen LogP contribution in [0.15, 0.2) is 24.4 Å². The number of aryl methyl sites for hydroxylation is 2. The first-order valence-electron chi connectivity index (χ1n) is 6.09. The van der Waals surface area contributed by atoms with Crippen LogP contribution in [-0.2, 0) is 0 Å². The zero-order chi connectivity index (χ0) is 14.0. The topological polar surface area (TPSA) is 63.8 Å². The first-order chi connectivity index (χ1) is 8.97. The van der Waals surface area contributed by atoms with Crippen LogP contribution in [0.4, 0.5) is 16.2 Å². The van der Waals surface area contributed by atoms with Crippen molar-refractivity contribution >= 4 is 11.8 Å². The highest BCUT2D eigenvalue weighted by Gasteiger charge is 2.10. The molecule has 2 aromatic rings. The normalized spacial score (nSPS) is 12.2. The summed E-state index contributed by atoms with van der Waals surface area (Å²) in [7, 11) is 0. The van der Waals surface area contributed by atoms with Crippen LogP contribution in [0.1, 0.15) is 29.7 Å². The third-order valence-electron chi connectivity index (χ3n) is 3.04. The van der Waals surface area contributed by atoms with Gasteiger partial charge < -0.3 is 11.1 Å². The highest BCUT2D eigenvalue weighted by atomic mass is 19.1. The number of halogens is 1. The van der Waals surface area contributed by atoms with Crippen molar-refractivity contribution in [1.29, 1.82) is 0 Å². The lowest BCUT2D eigenvalue weighted by Crippen LogP contribution is -2.11. The molecule has 0 aliphatic heterocycles. The Morgan fingerprint density at radius 1 is 1.26 bits per heavy atom. The van der Waals surface area contributed by atoms with E-state index in [9.17, 15) is 4.39 Å². The second-order valence-electron chi connectivity index (χ2n) is 4.63. The van der Waals surface area contributed by atoms with Gasteiger partial charge in [-0.1, -0.05) is 12.1 Å². The number of nitrogens with two attached hydrogens (primary N) is 1. The van der Waals surface area contributed by atoms with Crippen LogP contribution in [0.3, 0.4) is 0 Å². The number of nitrogens with one attached hydrogen (secondary N) is 1. The quantitative estimate of drug-likeness (QED) is 0.890. The van der Waals surface area contributed by atoms with E-state index in [0.717, 1.165) is 11.1 Å². The number of nitrogens with zero attached hydrogens (tertiary/aromatic N) is 2. The predicted molar refractivity (Wildman–Crippen MR) is 74.4 cm³/mol. The molecule has 0 aliphatic rings. The first kappa shape index (κ1) is 13.3. The minimum Gasteiger partial charge on any atom is -0.368 e. The maximum absolute atomic E-state index is 13.5. The monoisotopic (exact) mass is 260 g/mol. The van der Waals surface area contributed by atoms with Gasteiger partial charge in [0, 0.05) is 11.8 Å². The van der Waals surface area contributed by atoms with Crippen molar-refractivity contribution in [2.24, 2.45) is 0 Å². The minimum atomic E-state index is -0.204. The minimum absolute atomic E-state index is 0.0666. The Morgan fingerprint density at radius 3 is 2.68 bits per heavy atom. The fraction of sp³-hybridized carbons (Fsp3) is 0.286. The Morgan fingerprint density at radius 2 is 2.00 bits per heavy atom. The van der Waals surface area contributed by atoms with E-state index < -0.39 is 0 Å². The van der Waals surface area contributed by atoms with Gasteiger partial charge in [-0.25, -0.2) is 9.37 Å². The van der Waals surface area contributed by atoms with Crippen molar-refractivity contribution in [3.05, 3.63) is 46.9 Å². The molecule has 1 heterocycles. The average Bonchev–Trinajstić information content (AvgIpc) is 2.37. The largest absolute Gasteiger partial charge is 0.368 e. The molecule has 1 atom stereocenters. The number of rotatable bonds is 3. The van der Waals surface area contributed by atoms with E-state index in [1.807, 2.05) is 19.9 Å². The molecule has 1 aromatic carbocycles. The highest BCUT2D eigenvalue weighted by molar-refractivity contribution is 5.47. The molecule has 5 heteroatoms. The van der Waals surface area contributed by atoms with Gasteiger partial charge in [-0.05, 0) is 38.0 Å². The molecule has 0 amide bonds. The summed E-state index contributed by atoms with van der Waals surface area (Å²) in [5, 5.41) is 3.22. The number of nitrogen functional groups attached to an aromatic ring is 1. The van der Waals surface area contributed by atoms with Gasteiger partial charge in [-0.15, -0.1) is 0 Å². The molecule has 1 aromatic heterocycles. The summed E-state index contributed by atoms with van der Waals surface area (Å²) in [6, 6.07) is 5.13. The Kier molecular flexibility index (Phi) is 3.64. The molecule has 1 unspecified atom stereocenters. The number of hydrogen-bond acceptors (Lipinski definition) is 4. The number of benzene rings is 1. The second-order valence-corrected chi connectivity index (χ2v) is 4.63. The summed E-state index contributed by atoms with van der Waals surface area (Å²) >= 11 is 0. The Bertz CT molecular complexity index is 598. The lowest BCUT2D eigenvalue weighted by molar-refractivity contribution is 0.614. The van der Waals surface area contributed by atoms with Crippen molar-refractivity contribution in [2.75, 3.05) is 11.1 Å². The van der Waals surface area contributed by atoms with E-state index in [4.69, 9.17) is 5.73 Å². The van der Waals surface area contributed by atoms with Crippen LogP contribution in [0.5, 0.6) is 0 Å². The maximum Gasteiger partial charge on any atom is 0.221 e. The Hall–Kier alpha value is -2.17. The van der Waals surface area contributed by atoms with Gasteiger partial charge in [-0.3, -0.25) is 0 Å². The summed E-state index contributed by atoms with van der Waals surface area (Å²) in [4.78, 5) is 8.05. The third kappa shape index (κ3) is 2.99. The molecular formula is C14H17FN4. The van der Waals surface area contributed by atoms with E-state index >= 15 is 0 Å². The third-order valence-corrected chi connectivity index (χ3v) is 3.04. The second kappa shape index (κ2) is 5.22. The molecule has 3 N–H and O–H groups in total. The number of anilines is 2. The van der Waals surface area contributed by atoms with Crippen molar-refractivity contribution in [3.8, 4) is 0 Å². The molecular weight excluding hydrogens is 243 g/mol. The summed E-state index contributed by atoms with van der Waals surface area (Å²) in [5.41, 5.74) is 7.96. The van der Waals surface area contributed by atoms with Gasteiger partial charge in [-0.2, -0.15) is 4.98 Å². The molecule has 100 valence electrons. The van der Waals surface area contributed by atoms with Crippen molar-refractivity contribution in [2.45, 2.75) is 26.8 Å². The van der Waals surface area contributed by atoms with Gasteiger partial charge in [0.05, 0.1) is 6.04 Å². The van der Waals surface area contributed by atoms with Crippen LogP contribution < -0.4 is 11.1 Å². The van der Waals surface area contributed by atoms with Crippen molar-refractivity contribution in [1.82, 2.24) is 9.97 Å². The van der Waals surface area contributed by atoms with Gasteiger partial charge in [0.15, 0.2) is 0 Å². The van der Waals surface area contributed by atoms with E-state index in [-0.39, 0.29) is 17.8 Å². The van der Waals surface area contributed by atoms with Crippen LogP contribution >= 0.6 is 0 Å². The zero-order valence-electron chi connectivity index (χ0n) is 11.2. The van der Waals surface area contributed by atoms with E-state index in [1.165, 1.54) is 6.07 Å². The van der Waals surface area contributed by atoms with Crippen LogP contribution in [0.25, 0.3) is 0 Å². The SMILES string of the molecule is Cc1ccc(C(C)Nc2nc(N)ncc2C)cc1F. The van der Waals surface area contributed by atoms with E-state index in [1.54, 1.807) is 19.2 Å². The molecule has 0 bridgehead atoms. The molecule has 0 fully saturated rings. The molecule has 0 spiro atoms. The van der Waals surface area contributed by atoms with E-state index in [0.29, 0.717) is 11.4 Å². The molecule has 4 nitrogen and oxygen atoms in total. The predicted octanol–water partition coefficient (Wildman–Crippen LogP) is 2.99. The van der Waals surface area contributed by atoms with Crippen molar-refractivity contribution < 1.29 is 4.39 Å². The van der Waals surface area contributed by atoms with Gasteiger partial charge in [0.25, 0.3) is 0 Å². The van der Waals surface area contributed by atoms with Crippen LogP contribution in [0.2, 0.25) is 0 Å². The first-order valence-corrected chi connectivity index (χ1v) is 6.09. The number of aromatic nitrogens is 2. The number of hydrogen-bond donors (Lipinski definition) is 2. The maximum atomic E-state index is 13.5. The Balaban J connectivity index is 2.22. The summed E-state index contributed by atoms with van der Waals surface area (Å²) in [5.74, 6) is 0.682. The molecule has 0 saturated carbocycles. The standard InChI is InChI=1S/C14H17FN4/c1-8-4-5-11(6-12(8)15)10(3)18-13-9(2)7-17-14(16)19-13/h4-7,10H,1-3H3,(H3,16,17,18,19). The molecule has 0 saturated heterocycles. The van der Waals surface area contributed by atoms with Crippen LogP contribution in [0, 0.1) is 19.7 Å².